The maximum atomic E-state index is 13.6. The van der Waals surface area contributed by atoms with Crippen molar-refractivity contribution >= 4 is 29.0 Å². The number of amides is 3. The van der Waals surface area contributed by atoms with Gasteiger partial charge in [-0.05, 0) is 48.5 Å². The van der Waals surface area contributed by atoms with Gasteiger partial charge in [-0.2, -0.15) is 10.2 Å². The van der Waals surface area contributed by atoms with Gasteiger partial charge in [-0.1, -0.05) is 24.3 Å². The lowest BCUT2D eigenvalue weighted by Crippen LogP contribution is -2.35. The average Bonchev–Trinajstić information content (AvgIpc) is 2.68. The summed E-state index contributed by atoms with van der Waals surface area (Å²) in [6.07, 6.45) is 0. The largest absolute Gasteiger partial charge is 0.326 e. The zero-order valence-corrected chi connectivity index (χ0v) is 14.4. The topological polar surface area (TPSA) is 82.9 Å². The number of hydrogen-bond donors (Lipinski definition) is 2. The molecule has 0 unspecified atom stereocenters. The van der Waals surface area contributed by atoms with Crippen LogP contribution in [-0.2, 0) is 0 Å². The number of imide groups is 1. The highest BCUT2D eigenvalue weighted by Gasteiger charge is 2.19. The number of carbonyl (C=O) groups is 2. The number of hydrogen-bond acceptors (Lipinski definition) is 4. The molecule has 0 fully saturated rings. The molecule has 3 rings (SSSR count). The van der Waals surface area contributed by atoms with E-state index in [1.54, 1.807) is 36.4 Å². The van der Waals surface area contributed by atoms with Gasteiger partial charge >= 0.3 is 6.03 Å². The van der Waals surface area contributed by atoms with Gasteiger partial charge in [0.25, 0.3) is 5.91 Å². The molecule has 3 amide bonds. The van der Waals surface area contributed by atoms with Crippen molar-refractivity contribution in [2.75, 3.05) is 5.32 Å². The van der Waals surface area contributed by atoms with Crippen LogP contribution in [0.2, 0.25) is 0 Å². The van der Waals surface area contributed by atoms with Crippen molar-refractivity contribution in [3.05, 3.63) is 90.0 Å². The van der Waals surface area contributed by atoms with Crippen molar-refractivity contribution in [1.29, 1.82) is 0 Å². The molecule has 0 atom stereocenters. The average molecular weight is 380 g/mol. The Morgan fingerprint density at radius 3 is 1.89 bits per heavy atom. The molecule has 28 heavy (non-hydrogen) atoms. The number of anilines is 1. The van der Waals surface area contributed by atoms with Crippen molar-refractivity contribution in [3.8, 4) is 0 Å². The standard InChI is InChI=1S/C20H14F2N4O2/c21-16-7-4-8-17(22)18(16)19(27)24-20(28)23-13-9-11-15(12-10-13)26-25-14-5-2-1-3-6-14/h1-12H,(H2,23,24,27,28)/b26-25+. The molecular weight excluding hydrogens is 366 g/mol. The molecular formula is C20H14F2N4O2. The Balaban J connectivity index is 1.60. The van der Waals surface area contributed by atoms with Gasteiger partial charge in [-0.3, -0.25) is 10.1 Å². The lowest BCUT2D eigenvalue weighted by molar-refractivity contribution is 0.0959. The minimum absolute atomic E-state index is 0.359. The molecule has 3 aromatic rings. The molecule has 0 aliphatic heterocycles. The van der Waals surface area contributed by atoms with Gasteiger partial charge < -0.3 is 5.32 Å². The lowest BCUT2D eigenvalue weighted by Gasteiger charge is -2.08. The van der Waals surface area contributed by atoms with Crippen LogP contribution in [0, 0.1) is 11.6 Å². The van der Waals surface area contributed by atoms with Gasteiger partial charge in [0.05, 0.1) is 11.4 Å². The van der Waals surface area contributed by atoms with E-state index in [9.17, 15) is 18.4 Å². The summed E-state index contributed by atoms with van der Waals surface area (Å²) >= 11 is 0. The quantitative estimate of drug-likeness (QED) is 0.599. The highest BCUT2D eigenvalue weighted by atomic mass is 19.1. The first kappa shape index (κ1) is 18.8. The predicted molar refractivity (Wildman–Crippen MR) is 99.9 cm³/mol. The number of rotatable bonds is 4. The van der Waals surface area contributed by atoms with Crippen LogP contribution in [0.25, 0.3) is 0 Å². The minimum atomic E-state index is -1.18. The summed E-state index contributed by atoms with van der Waals surface area (Å²) in [6, 6.07) is 17.5. The maximum Gasteiger partial charge on any atom is 0.326 e. The van der Waals surface area contributed by atoms with Gasteiger partial charge in [0.1, 0.15) is 17.2 Å². The third-order valence-corrected chi connectivity index (χ3v) is 3.58. The molecule has 3 aromatic carbocycles. The Labute approximate surface area is 158 Å². The van der Waals surface area contributed by atoms with Crippen molar-refractivity contribution in [1.82, 2.24) is 5.32 Å². The van der Waals surface area contributed by atoms with Gasteiger partial charge in [0.15, 0.2) is 0 Å². The summed E-state index contributed by atoms with van der Waals surface area (Å²) < 4.78 is 27.1. The van der Waals surface area contributed by atoms with E-state index in [4.69, 9.17) is 0 Å². The van der Waals surface area contributed by atoms with Gasteiger partial charge in [0.2, 0.25) is 0 Å². The first-order chi connectivity index (χ1) is 13.5. The Hall–Kier alpha value is -3.94. The molecule has 0 aliphatic rings. The fraction of sp³-hybridized carbons (Fsp3) is 0. The maximum absolute atomic E-state index is 13.6. The predicted octanol–water partition coefficient (Wildman–Crippen LogP) is 5.34. The molecule has 8 heteroatoms. The number of nitrogens with one attached hydrogen (secondary N) is 2. The molecule has 0 aromatic heterocycles. The van der Waals surface area contributed by atoms with E-state index in [1.807, 2.05) is 23.5 Å². The van der Waals surface area contributed by atoms with Crippen LogP contribution in [0.5, 0.6) is 0 Å². The lowest BCUT2D eigenvalue weighted by atomic mass is 10.2. The SMILES string of the molecule is O=C(NC(=O)c1c(F)cccc1F)Nc1ccc(/N=N/c2ccccc2)cc1. The number of carbonyl (C=O) groups excluding carboxylic acids is 2. The van der Waals surface area contributed by atoms with Gasteiger partial charge in [-0.15, -0.1) is 0 Å². The summed E-state index contributed by atoms with van der Waals surface area (Å²) in [5.74, 6) is -3.29. The monoisotopic (exact) mass is 380 g/mol. The van der Waals surface area contributed by atoms with E-state index in [1.165, 1.54) is 0 Å². The molecule has 0 aliphatic carbocycles. The van der Waals surface area contributed by atoms with E-state index in [-0.39, 0.29) is 0 Å². The number of azo groups is 1. The van der Waals surface area contributed by atoms with E-state index in [0.29, 0.717) is 17.1 Å². The summed E-state index contributed by atoms with van der Waals surface area (Å²) in [5, 5.41) is 12.4. The molecule has 0 saturated carbocycles. The first-order valence-corrected chi connectivity index (χ1v) is 8.16. The second kappa shape index (κ2) is 8.63. The Bertz CT molecular complexity index is 1000. The minimum Gasteiger partial charge on any atom is -0.308 e. The summed E-state index contributed by atoms with van der Waals surface area (Å²) in [4.78, 5) is 23.8. The Morgan fingerprint density at radius 1 is 0.714 bits per heavy atom. The fourth-order valence-corrected chi connectivity index (χ4v) is 2.26. The molecule has 0 bridgehead atoms. The molecule has 6 nitrogen and oxygen atoms in total. The van der Waals surface area contributed by atoms with Crippen LogP contribution in [0.1, 0.15) is 10.4 Å². The van der Waals surface area contributed by atoms with Crippen LogP contribution in [0.15, 0.2) is 83.0 Å². The highest BCUT2D eigenvalue weighted by Crippen LogP contribution is 2.20. The highest BCUT2D eigenvalue weighted by molar-refractivity contribution is 6.08. The summed E-state index contributed by atoms with van der Waals surface area (Å²) in [7, 11) is 0. The number of halogens is 2. The Morgan fingerprint density at radius 2 is 1.29 bits per heavy atom. The van der Waals surface area contributed by atoms with Crippen molar-refractivity contribution < 1.29 is 18.4 Å². The number of urea groups is 1. The van der Waals surface area contributed by atoms with Crippen LogP contribution >= 0.6 is 0 Å². The molecule has 0 heterocycles. The smallest absolute Gasteiger partial charge is 0.308 e. The van der Waals surface area contributed by atoms with E-state index in [2.05, 4.69) is 15.5 Å². The Kier molecular flexibility index (Phi) is 5.81. The number of nitrogens with zero attached hydrogens (tertiary/aromatic N) is 2. The van der Waals surface area contributed by atoms with Crippen LogP contribution in [-0.4, -0.2) is 11.9 Å². The zero-order valence-electron chi connectivity index (χ0n) is 14.4. The van der Waals surface area contributed by atoms with Crippen molar-refractivity contribution in [2.45, 2.75) is 0 Å². The molecule has 0 spiro atoms. The number of benzene rings is 3. The third-order valence-electron chi connectivity index (χ3n) is 3.58. The van der Waals surface area contributed by atoms with Crippen molar-refractivity contribution in [3.63, 3.8) is 0 Å². The third kappa shape index (κ3) is 4.82. The van der Waals surface area contributed by atoms with Gasteiger partial charge in [0, 0.05) is 5.69 Å². The molecule has 140 valence electrons. The van der Waals surface area contributed by atoms with Gasteiger partial charge in [-0.25, -0.2) is 13.6 Å². The first-order valence-electron chi connectivity index (χ1n) is 8.16. The normalized spacial score (nSPS) is 10.6. The van der Waals surface area contributed by atoms with E-state index in [0.717, 1.165) is 18.2 Å². The van der Waals surface area contributed by atoms with Crippen molar-refractivity contribution in [2.24, 2.45) is 10.2 Å². The fourth-order valence-electron chi connectivity index (χ4n) is 2.26. The van der Waals surface area contributed by atoms with Crippen LogP contribution < -0.4 is 10.6 Å². The van der Waals surface area contributed by atoms with Crippen LogP contribution in [0.4, 0.5) is 30.6 Å². The second-order valence-corrected chi connectivity index (χ2v) is 5.59. The van der Waals surface area contributed by atoms with E-state index < -0.39 is 29.1 Å². The molecule has 2 N–H and O–H groups in total. The molecule has 0 radical (unpaired) electrons. The molecule has 0 saturated heterocycles. The van der Waals surface area contributed by atoms with E-state index >= 15 is 0 Å². The zero-order chi connectivity index (χ0) is 19.9. The summed E-state index contributed by atoms with van der Waals surface area (Å²) in [6.45, 7) is 0. The second-order valence-electron chi connectivity index (χ2n) is 5.59. The summed E-state index contributed by atoms with van der Waals surface area (Å²) in [5.41, 5.74) is 0.787. The van der Waals surface area contributed by atoms with Crippen LogP contribution in [0.3, 0.4) is 0 Å².